The molecular formula is C18H24FN3O2. The molecule has 0 bridgehead atoms. The maximum atomic E-state index is 13.8. The standard InChI is InChI=1S/C18H24FN3O2/c1-11-14(15-3-2-4-16(19)17(15)21-11)9-10-20-18(24)22-12-5-7-13(23)8-6-12/h2-4,12-13,21,23H,5-10H2,1H3,(H2,20,22,24). The number of hydrogen-bond acceptors (Lipinski definition) is 2. The van der Waals surface area contributed by atoms with Crippen molar-refractivity contribution in [2.75, 3.05) is 6.54 Å². The van der Waals surface area contributed by atoms with Crippen LogP contribution in [-0.4, -0.2) is 34.8 Å². The van der Waals surface area contributed by atoms with Gasteiger partial charge in [-0.1, -0.05) is 12.1 Å². The number of rotatable bonds is 4. The molecule has 0 aliphatic heterocycles. The maximum absolute atomic E-state index is 13.8. The third-order valence-electron chi connectivity index (χ3n) is 4.80. The Kier molecular flexibility index (Phi) is 5.04. The van der Waals surface area contributed by atoms with Crippen LogP contribution in [0.3, 0.4) is 0 Å². The van der Waals surface area contributed by atoms with Gasteiger partial charge in [-0.15, -0.1) is 0 Å². The predicted octanol–water partition coefficient (Wildman–Crippen LogP) is 2.76. The monoisotopic (exact) mass is 333 g/mol. The highest BCUT2D eigenvalue weighted by molar-refractivity contribution is 5.85. The van der Waals surface area contributed by atoms with Crippen LogP contribution in [0.25, 0.3) is 10.9 Å². The zero-order valence-corrected chi connectivity index (χ0v) is 13.9. The van der Waals surface area contributed by atoms with Crippen molar-refractivity contribution in [1.29, 1.82) is 0 Å². The van der Waals surface area contributed by atoms with Gasteiger partial charge in [0.05, 0.1) is 11.6 Å². The number of halogens is 1. The van der Waals surface area contributed by atoms with Crippen molar-refractivity contribution in [3.63, 3.8) is 0 Å². The van der Waals surface area contributed by atoms with E-state index >= 15 is 0 Å². The first-order valence-electron chi connectivity index (χ1n) is 8.52. The molecule has 0 saturated heterocycles. The quantitative estimate of drug-likeness (QED) is 0.694. The molecule has 4 N–H and O–H groups in total. The van der Waals surface area contributed by atoms with Crippen LogP contribution in [0, 0.1) is 12.7 Å². The Balaban J connectivity index is 1.52. The summed E-state index contributed by atoms with van der Waals surface area (Å²) >= 11 is 0. The number of aryl methyl sites for hydroxylation is 1. The number of carbonyl (C=O) groups is 1. The highest BCUT2D eigenvalue weighted by Gasteiger charge is 2.20. The van der Waals surface area contributed by atoms with E-state index in [2.05, 4.69) is 15.6 Å². The first-order valence-corrected chi connectivity index (χ1v) is 8.52. The molecule has 0 spiro atoms. The Morgan fingerprint density at radius 1 is 1.33 bits per heavy atom. The maximum Gasteiger partial charge on any atom is 0.315 e. The number of aliphatic hydroxyl groups excluding tert-OH is 1. The van der Waals surface area contributed by atoms with E-state index in [9.17, 15) is 14.3 Å². The molecule has 1 fully saturated rings. The fourth-order valence-electron chi connectivity index (χ4n) is 3.45. The number of nitrogens with one attached hydrogen (secondary N) is 3. The molecule has 2 aromatic rings. The van der Waals surface area contributed by atoms with Gasteiger partial charge in [-0.25, -0.2) is 9.18 Å². The minimum Gasteiger partial charge on any atom is -0.393 e. The highest BCUT2D eigenvalue weighted by Crippen LogP contribution is 2.24. The number of H-pyrrole nitrogens is 1. The van der Waals surface area contributed by atoms with Crippen LogP contribution >= 0.6 is 0 Å². The second-order valence-corrected chi connectivity index (χ2v) is 6.55. The lowest BCUT2D eigenvalue weighted by Crippen LogP contribution is -2.44. The molecule has 5 nitrogen and oxygen atoms in total. The van der Waals surface area contributed by atoms with Gasteiger partial charge in [0.1, 0.15) is 5.82 Å². The number of hydrogen-bond donors (Lipinski definition) is 4. The molecule has 24 heavy (non-hydrogen) atoms. The van der Waals surface area contributed by atoms with E-state index in [1.807, 2.05) is 13.0 Å². The minimum absolute atomic E-state index is 0.136. The lowest BCUT2D eigenvalue weighted by Gasteiger charge is -2.26. The number of aromatic amines is 1. The fraction of sp³-hybridized carbons (Fsp3) is 0.500. The lowest BCUT2D eigenvalue weighted by molar-refractivity contribution is 0.117. The summed E-state index contributed by atoms with van der Waals surface area (Å²) in [5.74, 6) is -0.257. The van der Waals surface area contributed by atoms with Gasteiger partial charge in [0.15, 0.2) is 0 Å². The van der Waals surface area contributed by atoms with Crippen LogP contribution in [0.15, 0.2) is 18.2 Å². The molecule has 1 saturated carbocycles. The van der Waals surface area contributed by atoms with Crippen LogP contribution in [0.5, 0.6) is 0 Å². The largest absolute Gasteiger partial charge is 0.393 e. The topological polar surface area (TPSA) is 77.2 Å². The SMILES string of the molecule is Cc1[nH]c2c(F)cccc2c1CCNC(=O)NC1CCC(O)CC1. The van der Waals surface area contributed by atoms with E-state index in [4.69, 9.17) is 0 Å². The lowest BCUT2D eigenvalue weighted by atomic mass is 9.93. The summed E-state index contributed by atoms with van der Waals surface area (Å²) in [4.78, 5) is 15.0. The molecule has 130 valence electrons. The molecule has 6 heteroatoms. The van der Waals surface area contributed by atoms with Gasteiger partial charge in [-0.05, 0) is 50.7 Å². The normalized spacial score (nSPS) is 21.0. The van der Waals surface area contributed by atoms with Crippen LogP contribution in [0.4, 0.5) is 9.18 Å². The Hall–Kier alpha value is -2.08. The van der Waals surface area contributed by atoms with Crippen LogP contribution < -0.4 is 10.6 Å². The Labute approximate surface area is 140 Å². The second-order valence-electron chi connectivity index (χ2n) is 6.55. The summed E-state index contributed by atoms with van der Waals surface area (Å²) in [6.07, 6.45) is 3.53. The summed E-state index contributed by atoms with van der Waals surface area (Å²) in [6, 6.07) is 4.99. The molecule has 1 aromatic heterocycles. The molecule has 0 unspecified atom stereocenters. The summed E-state index contributed by atoms with van der Waals surface area (Å²) < 4.78 is 13.8. The molecule has 0 atom stereocenters. The molecular weight excluding hydrogens is 309 g/mol. The van der Waals surface area contributed by atoms with Crippen molar-refractivity contribution in [2.24, 2.45) is 0 Å². The van der Waals surface area contributed by atoms with Gasteiger partial charge in [0.25, 0.3) is 0 Å². The number of carbonyl (C=O) groups excluding carboxylic acids is 1. The summed E-state index contributed by atoms with van der Waals surface area (Å²) in [6.45, 7) is 2.41. The zero-order chi connectivity index (χ0) is 17.1. The molecule has 0 radical (unpaired) electrons. The van der Waals surface area contributed by atoms with E-state index in [0.29, 0.717) is 18.5 Å². The van der Waals surface area contributed by atoms with Gasteiger partial charge < -0.3 is 20.7 Å². The smallest absolute Gasteiger partial charge is 0.315 e. The van der Waals surface area contributed by atoms with E-state index < -0.39 is 0 Å². The van der Waals surface area contributed by atoms with Crippen molar-refractivity contribution in [3.05, 3.63) is 35.3 Å². The van der Waals surface area contributed by atoms with Crippen LogP contribution in [-0.2, 0) is 6.42 Å². The van der Waals surface area contributed by atoms with Crippen molar-refractivity contribution in [3.8, 4) is 0 Å². The molecule has 1 aliphatic carbocycles. The predicted molar refractivity (Wildman–Crippen MR) is 91.5 cm³/mol. The Morgan fingerprint density at radius 3 is 2.83 bits per heavy atom. The fourth-order valence-corrected chi connectivity index (χ4v) is 3.45. The van der Waals surface area contributed by atoms with Crippen LogP contribution in [0.1, 0.15) is 36.9 Å². The Morgan fingerprint density at radius 2 is 2.08 bits per heavy atom. The van der Waals surface area contributed by atoms with Crippen molar-refractivity contribution >= 4 is 16.9 Å². The van der Waals surface area contributed by atoms with E-state index in [1.54, 1.807) is 6.07 Å². The van der Waals surface area contributed by atoms with E-state index in [1.165, 1.54) is 6.07 Å². The minimum atomic E-state index is -0.257. The van der Waals surface area contributed by atoms with E-state index in [-0.39, 0.29) is 24.0 Å². The van der Waals surface area contributed by atoms with Crippen molar-refractivity contribution in [2.45, 2.75) is 51.2 Å². The number of benzene rings is 1. The zero-order valence-electron chi connectivity index (χ0n) is 13.9. The summed E-state index contributed by atoms with van der Waals surface area (Å²) in [5, 5.41) is 16.2. The number of aromatic nitrogens is 1. The molecule has 1 aromatic carbocycles. The van der Waals surface area contributed by atoms with Gasteiger partial charge in [-0.2, -0.15) is 0 Å². The number of amides is 2. The first-order chi connectivity index (χ1) is 11.5. The molecule has 3 rings (SSSR count). The number of urea groups is 1. The molecule has 2 amide bonds. The number of fused-ring (bicyclic) bond motifs is 1. The van der Waals surface area contributed by atoms with Gasteiger partial charge in [0.2, 0.25) is 0 Å². The third-order valence-corrected chi connectivity index (χ3v) is 4.80. The van der Waals surface area contributed by atoms with Gasteiger partial charge >= 0.3 is 6.03 Å². The van der Waals surface area contributed by atoms with E-state index in [0.717, 1.165) is 42.3 Å². The van der Waals surface area contributed by atoms with Gasteiger partial charge in [-0.3, -0.25) is 0 Å². The average Bonchev–Trinajstić information content (AvgIpc) is 2.87. The van der Waals surface area contributed by atoms with Crippen molar-refractivity contribution in [1.82, 2.24) is 15.6 Å². The van der Waals surface area contributed by atoms with Crippen molar-refractivity contribution < 1.29 is 14.3 Å². The highest BCUT2D eigenvalue weighted by atomic mass is 19.1. The number of para-hydroxylation sites is 1. The second kappa shape index (κ2) is 7.21. The van der Waals surface area contributed by atoms with Gasteiger partial charge in [0, 0.05) is 23.7 Å². The van der Waals surface area contributed by atoms with Crippen LogP contribution in [0.2, 0.25) is 0 Å². The Bertz CT molecular complexity index is 720. The molecule has 1 heterocycles. The molecule has 1 aliphatic rings. The summed E-state index contributed by atoms with van der Waals surface area (Å²) in [5.41, 5.74) is 2.49. The third kappa shape index (κ3) is 3.70. The summed E-state index contributed by atoms with van der Waals surface area (Å²) in [7, 11) is 0. The first kappa shape index (κ1) is 16.8. The number of aliphatic hydroxyl groups is 1. The average molecular weight is 333 g/mol.